The number of benzene rings is 1. The summed E-state index contributed by atoms with van der Waals surface area (Å²) in [5, 5.41) is 3.00. The summed E-state index contributed by atoms with van der Waals surface area (Å²) in [6, 6.07) is 7.28. The first-order chi connectivity index (χ1) is 14.1. The smallest absolute Gasteiger partial charge is 0.223 e. The molecule has 0 radical (unpaired) electrons. The van der Waals surface area contributed by atoms with E-state index in [0.29, 0.717) is 37.2 Å². The molecule has 1 aromatic carbocycles. The zero-order chi connectivity index (χ0) is 20.4. The number of nitrogens with zero attached hydrogens (tertiary/aromatic N) is 1. The topological polar surface area (TPSA) is 66.5 Å². The van der Waals surface area contributed by atoms with Gasteiger partial charge in [0.05, 0.1) is 18.0 Å². The minimum atomic E-state index is -0.590. The van der Waals surface area contributed by atoms with Crippen molar-refractivity contribution in [2.45, 2.75) is 50.6 Å². The Kier molecular flexibility index (Phi) is 6.01. The number of aldehydes is 1. The lowest BCUT2D eigenvalue weighted by Crippen LogP contribution is -2.52. The fourth-order valence-electron chi connectivity index (χ4n) is 4.77. The zero-order valence-corrected chi connectivity index (χ0v) is 17.2. The van der Waals surface area contributed by atoms with Crippen molar-refractivity contribution in [1.82, 2.24) is 10.2 Å². The zero-order valence-electron chi connectivity index (χ0n) is 16.4. The number of Topliss-reactive ketones (excluding diaryl/α,β-unsaturated/α-hetero) is 1. The van der Waals surface area contributed by atoms with E-state index >= 15 is 0 Å². The molecule has 1 amide bonds. The molecule has 29 heavy (non-hydrogen) atoms. The number of carbonyl (C=O) groups excluding carboxylic acids is 3. The summed E-state index contributed by atoms with van der Waals surface area (Å²) in [6.45, 7) is 1.01. The Balaban J connectivity index is 1.41. The van der Waals surface area contributed by atoms with Crippen LogP contribution >= 0.6 is 12.2 Å². The third-order valence-corrected chi connectivity index (χ3v) is 6.71. The molecule has 0 aromatic heterocycles. The van der Waals surface area contributed by atoms with Crippen LogP contribution in [0.3, 0.4) is 0 Å². The van der Waals surface area contributed by atoms with Crippen LogP contribution in [0.25, 0.3) is 6.08 Å². The molecular weight excluding hydrogens is 384 g/mol. The fraction of sp³-hybridized carbons (Fsp3) is 0.478. The number of likely N-dealkylation sites (tertiary alicyclic amines) is 1. The van der Waals surface area contributed by atoms with E-state index in [1.54, 1.807) is 4.90 Å². The molecule has 2 saturated heterocycles. The molecule has 0 spiro atoms. The number of fused-ring (bicyclic) bond motifs is 1. The number of thiocarbonyl (C=S) groups is 1. The van der Waals surface area contributed by atoms with Gasteiger partial charge in [0.1, 0.15) is 6.29 Å². The van der Waals surface area contributed by atoms with Crippen LogP contribution in [0.15, 0.2) is 29.8 Å². The summed E-state index contributed by atoms with van der Waals surface area (Å²) in [7, 11) is 0. The van der Waals surface area contributed by atoms with E-state index in [1.165, 1.54) is 16.7 Å². The van der Waals surface area contributed by atoms with Crippen molar-refractivity contribution in [2.75, 3.05) is 13.1 Å². The van der Waals surface area contributed by atoms with Gasteiger partial charge in [-0.25, -0.2) is 0 Å². The molecule has 6 heteroatoms. The number of carbonyl (C=O) groups is 3. The molecule has 0 bridgehead atoms. The fourth-order valence-corrected chi connectivity index (χ4v) is 5.11. The number of nitrogens with one attached hydrogen (secondary N) is 1. The highest BCUT2D eigenvalue weighted by atomic mass is 32.1. The first-order valence-electron chi connectivity index (χ1n) is 10.4. The van der Waals surface area contributed by atoms with Gasteiger partial charge in [0.15, 0.2) is 5.78 Å². The van der Waals surface area contributed by atoms with Crippen LogP contribution in [0.5, 0.6) is 0 Å². The van der Waals surface area contributed by atoms with Crippen molar-refractivity contribution in [3.63, 3.8) is 0 Å². The van der Waals surface area contributed by atoms with Crippen molar-refractivity contribution in [1.29, 1.82) is 0 Å². The van der Waals surface area contributed by atoms with Gasteiger partial charge in [0.2, 0.25) is 5.91 Å². The van der Waals surface area contributed by atoms with Gasteiger partial charge < -0.3 is 15.0 Å². The lowest BCUT2D eigenvalue weighted by molar-refractivity contribution is -0.142. The number of amides is 1. The summed E-state index contributed by atoms with van der Waals surface area (Å²) < 4.78 is 0. The van der Waals surface area contributed by atoms with E-state index in [-0.39, 0.29) is 11.7 Å². The lowest BCUT2D eigenvalue weighted by atomic mass is 9.86. The van der Waals surface area contributed by atoms with Gasteiger partial charge in [-0.1, -0.05) is 48.1 Å². The Hall–Kier alpha value is -2.18. The van der Waals surface area contributed by atoms with E-state index in [4.69, 9.17) is 12.2 Å². The maximum Gasteiger partial charge on any atom is 0.223 e. The molecule has 2 unspecified atom stereocenters. The third-order valence-electron chi connectivity index (χ3n) is 6.31. The number of piperidine rings is 1. The average molecular weight is 411 g/mol. The van der Waals surface area contributed by atoms with Gasteiger partial charge in [-0.3, -0.25) is 9.59 Å². The van der Waals surface area contributed by atoms with Gasteiger partial charge in [0.25, 0.3) is 0 Å². The van der Waals surface area contributed by atoms with Gasteiger partial charge in [-0.05, 0) is 43.2 Å². The summed E-state index contributed by atoms with van der Waals surface area (Å²) in [5.74, 6) is -0.634. The molecule has 152 valence electrons. The van der Waals surface area contributed by atoms with Crippen LogP contribution in [-0.4, -0.2) is 52.9 Å². The van der Waals surface area contributed by atoms with Crippen molar-refractivity contribution in [3.05, 3.63) is 41.0 Å². The molecule has 2 aliphatic heterocycles. The number of rotatable bonds is 6. The predicted molar refractivity (Wildman–Crippen MR) is 116 cm³/mol. The Morgan fingerprint density at radius 3 is 2.86 bits per heavy atom. The quantitative estimate of drug-likeness (QED) is 0.577. The number of hydrogen-bond acceptors (Lipinski definition) is 5. The molecule has 2 heterocycles. The van der Waals surface area contributed by atoms with E-state index in [9.17, 15) is 14.4 Å². The maximum atomic E-state index is 13.2. The molecule has 3 aliphatic rings. The Morgan fingerprint density at radius 2 is 2.07 bits per heavy atom. The van der Waals surface area contributed by atoms with Gasteiger partial charge in [-0.15, -0.1) is 0 Å². The van der Waals surface area contributed by atoms with Crippen LogP contribution in [0.4, 0.5) is 0 Å². The highest BCUT2D eigenvalue weighted by Crippen LogP contribution is 2.29. The first kappa shape index (κ1) is 20.1. The largest absolute Gasteiger partial charge is 0.333 e. The van der Waals surface area contributed by atoms with Crippen LogP contribution in [-0.2, 0) is 20.8 Å². The third kappa shape index (κ3) is 4.09. The number of allylic oxidation sites excluding steroid dienone is 1. The van der Waals surface area contributed by atoms with E-state index in [2.05, 4.69) is 23.5 Å². The van der Waals surface area contributed by atoms with Crippen LogP contribution in [0, 0.1) is 5.92 Å². The summed E-state index contributed by atoms with van der Waals surface area (Å²) in [6.07, 6.45) is 7.45. The standard InChI is InChI=1S/C23H26N2O3S/c26-14-18-22(20(29)13-24-18)23(28)19-7-3-4-10-25(19)21(27)9-8-15-11-16-5-1-2-6-17(16)12-15/h1-2,5-6,11,14,18-19,22,24H,3-4,7-10,12-13H2/t18-,19?,22?/m1/s1. The van der Waals surface area contributed by atoms with Gasteiger partial charge in [-0.2, -0.15) is 0 Å². The Bertz CT molecular complexity index is 879. The summed E-state index contributed by atoms with van der Waals surface area (Å²) in [5.41, 5.74) is 3.81. The highest BCUT2D eigenvalue weighted by molar-refractivity contribution is 7.80. The highest BCUT2D eigenvalue weighted by Gasteiger charge is 2.43. The monoisotopic (exact) mass is 410 g/mol. The SMILES string of the molecule is O=C[C@H]1NCC(=S)C1C(=O)C1CCCCN1C(=O)CCC1=Cc2ccccc2C1. The summed E-state index contributed by atoms with van der Waals surface area (Å²) in [4.78, 5) is 39.9. The molecule has 4 rings (SSSR count). The number of hydrogen-bond donors (Lipinski definition) is 1. The molecule has 3 atom stereocenters. The van der Waals surface area contributed by atoms with Crippen LogP contribution in [0.1, 0.15) is 43.2 Å². The molecular formula is C23H26N2O3S. The van der Waals surface area contributed by atoms with Crippen molar-refractivity contribution in [3.8, 4) is 0 Å². The second-order valence-electron chi connectivity index (χ2n) is 8.17. The average Bonchev–Trinajstić information content (AvgIpc) is 3.34. The minimum absolute atomic E-state index is 0.0273. The molecule has 5 nitrogen and oxygen atoms in total. The summed E-state index contributed by atoms with van der Waals surface area (Å²) >= 11 is 5.34. The Morgan fingerprint density at radius 1 is 1.24 bits per heavy atom. The van der Waals surface area contributed by atoms with E-state index in [0.717, 1.165) is 25.5 Å². The first-order valence-corrected chi connectivity index (χ1v) is 10.8. The van der Waals surface area contributed by atoms with E-state index < -0.39 is 18.0 Å². The second kappa shape index (κ2) is 8.67. The molecule has 1 aromatic rings. The van der Waals surface area contributed by atoms with Crippen molar-refractivity contribution >= 4 is 41.1 Å². The molecule has 1 N–H and O–H groups in total. The normalized spacial score (nSPS) is 26.2. The van der Waals surface area contributed by atoms with E-state index in [1.807, 2.05) is 12.1 Å². The maximum absolute atomic E-state index is 13.2. The van der Waals surface area contributed by atoms with Crippen LogP contribution in [0.2, 0.25) is 0 Å². The predicted octanol–water partition coefficient (Wildman–Crippen LogP) is 2.51. The van der Waals surface area contributed by atoms with Crippen molar-refractivity contribution < 1.29 is 14.4 Å². The van der Waals surface area contributed by atoms with Crippen LogP contribution < -0.4 is 5.32 Å². The molecule has 2 fully saturated rings. The lowest BCUT2D eigenvalue weighted by Gasteiger charge is -2.36. The minimum Gasteiger partial charge on any atom is -0.333 e. The van der Waals surface area contributed by atoms with Gasteiger partial charge >= 0.3 is 0 Å². The molecule has 0 saturated carbocycles. The second-order valence-corrected chi connectivity index (χ2v) is 8.69. The van der Waals surface area contributed by atoms with Gasteiger partial charge in [0, 0.05) is 24.4 Å². The number of ketones is 1. The Labute approximate surface area is 176 Å². The van der Waals surface area contributed by atoms with Crippen molar-refractivity contribution in [2.24, 2.45) is 5.92 Å². The molecule has 1 aliphatic carbocycles.